The Labute approximate surface area is 285 Å². The largest absolute Gasteiger partial charge is 0.308 e. The van der Waals surface area contributed by atoms with Crippen LogP contribution < -0.4 is 0 Å². The second kappa shape index (κ2) is 9.43. The molecule has 8 aromatic carbocycles. The molecule has 0 saturated heterocycles. The number of nitrogens with zero attached hydrogens (tertiary/aromatic N) is 4. The van der Waals surface area contributed by atoms with Crippen LogP contribution in [0.15, 0.2) is 158 Å². The predicted molar refractivity (Wildman–Crippen MR) is 209 cm³/mol. The average Bonchev–Trinajstić information content (AvgIpc) is 3.65. The van der Waals surface area contributed by atoms with Crippen molar-refractivity contribution in [3.63, 3.8) is 0 Å². The maximum Gasteiger partial charge on any atom is 0.165 e. The molecule has 0 aliphatic carbocycles. The first-order chi connectivity index (χ1) is 24.8. The third-order valence-corrected chi connectivity index (χ3v) is 10.8. The lowest BCUT2D eigenvalue weighted by Gasteiger charge is -2.15. The smallest absolute Gasteiger partial charge is 0.165 e. The molecule has 0 bridgehead atoms. The zero-order valence-corrected chi connectivity index (χ0v) is 26.8. The van der Waals surface area contributed by atoms with Gasteiger partial charge in [-0.25, -0.2) is 9.97 Å². The Morgan fingerprint density at radius 2 is 0.940 bits per heavy atom. The summed E-state index contributed by atoms with van der Waals surface area (Å²) in [6.45, 7) is 0. The molecule has 0 radical (unpaired) electrons. The van der Waals surface area contributed by atoms with Gasteiger partial charge in [-0.2, -0.15) is 0 Å². The van der Waals surface area contributed by atoms with Gasteiger partial charge in [0, 0.05) is 32.5 Å². The molecule has 0 atom stereocenters. The molecule has 0 spiro atoms. The van der Waals surface area contributed by atoms with Crippen molar-refractivity contribution in [2.45, 2.75) is 0 Å². The number of rotatable bonds is 2. The van der Waals surface area contributed by atoms with Gasteiger partial charge in [0.15, 0.2) is 5.82 Å². The highest BCUT2D eigenvalue weighted by molar-refractivity contribution is 6.31. The first-order valence-corrected chi connectivity index (χ1v) is 17.1. The van der Waals surface area contributed by atoms with Gasteiger partial charge in [0.25, 0.3) is 0 Å². The number of hydrogen-bond acceptors (Lipinski definition) is 2. The van der Waals surface area contributed by atoms with E-state index in [4.69, 9.17) is 9.97 Å². The number of aromatic nitrogens is 4. The summed E-state index contributed by atoms with van der Waals surface area (Å²) < 4.78 is 4.84. The summed E-state index contributed by atoms with van der Waals surface area (Å²) in [4.78, 5) is 11.0. The fourth-order valence-corrected chi connectivity index (χ4v) is 8.63. The monoisotopic (exact) mass is 634 g/mol. The van der Waals surface area contributed by atoms with Crippen LogP contribution in [0.25, 0.3) is 110 Å². The molecule has 50 heavy (non-hydrogen) atoms. The Balaban J connectivity index is 1.30. The van der Waals surface area contributed by atoms with Crippen molar-refractivity contribution in [1.82, 2.24) is 18.9 Å². The first kappa shape index (κ1) is 26.2. The molecule has 0 fully saturated rings. The van der Waals surface area contributed by atoms with Gasteiger partial charge in [-0.15, -0.1) is 0 Å². The highest BCUT2D eigenvalue weighted by atomic mass is 15.1. The molecule has 0 amide bonds. The summed E-state index contributed by atoms with van der Waals surface area (Å²) in [6, 6.07) is 56.9. The molecule has 4 heterocycles. The molecular weight excluding hydrogens is 609 g/mol. The summed E-state index contributed by atoms with van der Waals surface area (Å²) in [7, 11) is 0. The fraction of sp³-hybridized carbons (Fsp3) is 0. The van der Waals surface area contributed by atoms with E-state index in [0.717, 1.165) is 49.9 Å². The van der Waals surface area contributed by atoms with E-state index in [1.807, 2.05) is 0 Å². The standard InChI is InChI=1S/C46H26N4/c1-2-11-28-24-31(23-22-27(28)10-1)44-46(48-37-26-30-13-4-3-12-29(30)25-36(37)47-44)50-39-19-8-15-33-35-17-7-16-34-32-14-5-6-18-38(32)49(45(34)35)40-20-9-21-41(50)43(40)42(33)39/h1-26H. The minimum Gasteiger partial charge on any atom is -0.308 e. The van der Waals surface area contributed by atoms with E-state index in [-0.39, 0.29) is 0 Å². The van der Waals surface area contributed by atoms with Crippen LogP contribution >= 0.6 is 0 Å². The van der Waals surface area contributed by atoms with Crippen LogP contribution in [-0.4, -0.2) is 18.9 Å². The summed E-state index contributed by atoms with van der Waals surface area (Å²) in [6.07, 6.45) is 0. The lowest BCUT2D eigenvalue weighted by Crippen LogP contribution is -2.04. The van der Waals surface area contributed by atoms with Crippen molar-refractivity contribution in [3.8, 4) is 17.1 Å². The molecule has 0 unspecified atom stereocenters. The van der Waals surface area contributed by atoms with Crippen LogP contribution in [0.4, 0.5) is 0 Å². The van der Waals surface area contributed by atoms with Crippen LogP contribution in [0.5, 0.6) is 0 Å². The molecule has 4 heteroatoms. The van der Waals surface area contributed by atoms with E-state index in [1.165, 1.54) is 59.6 Å². The zero-order chi connectivity index (χ0) is 32.5. The Kier molecular flexibility index (Phi) is 4.94. The van der Waals surface area contributed by atoms with Gasteiger partial charge >= 0.3 is 0 Å². The topological polar surface area (TPSA) is 35.1 Å². The van der Waals surface area contributed by atoms with Crippen molar-refractivity contribution in [1.29, 1.82) is 0 Å². The third-order valence-electron chi connectivity index (χ3n) is 10.8. The van der Waals surface area contributed by atoms with Crippen molar-refractivity contribution >= 4 is 92.5 Å². The van der Waals surface area contributed by atoms with Crippen LogP contribution in [0, 0.1) is 0 Å². The van der Waals surface area contributed by atoms with Gasteiger partial charge in [-0.3, -0.25) is 4.57 Å². The maximum atomic E-state index is 5.54. The van der Waals surface area contributed by atoms with Gasteiger partial charge in [-0.1, -0.05) is 115 Å². The number of hydrogen-bond donors (Lipinski definition) is 0. The molecule has 230 valence electrons. The minimum atomic E-state index is 0.828. The van der Waals surface area contributed by atoms with E-state index in [2.05, 4.69) is 167 Å². The Hall–Kier alpha value is -6.78. The normalized spacial score (nSPS) is 12.4. The quantitative estimate of drug-likeness (QED) is 0.177. The molecule has 0 aliphatic rings. The first-order valence-electron chi connectivity index (χ1n) is 17.1. The van der Waals surface area contributed by atoms with Gasteiger partial charge in [-0.05, 0) is 69.4 Å². The highest BCUT2D eigenvalue weighted by Gasteiger charge is 2.24. The zero-order valence-electron chi connectivity index (χ0n) is 26.8. The van der Waals surface area contributed by atoms with Crippen molar-refractivity contribution in [2.24, 2.45) is 0 Å². The van der Waals surface area contributed by atoms with E-state index in [9.17, 15) is 0 Å². The van der Waals surface area contributed by atoms with Crippen LogP contribution in [0.1, 0.15) is 0 Å². The molecule has 4 aromatic heterocycles. The van der Waals surface area contributed by atoms with Gasteiger partial charge in [0.1, 0.15) is 5.69 Å². The molecule has 0 N–H and O–H groups in total. The predicted octanol–water partition coefficient (Wildman–Crippen LogP) is 11.9. The maximum absolute atomic E-state index is 5.54. The SMILES string of the molecule is c1ccc2cc(-c3nc4cc5ccccc5cc4nc3-n3c4cccc5c6cccc7c8ccccc8n(c8cccc3c8c54)c67)ccc2c1. The summed E-state index contributed by atoms with van der Waals surface area (Å²) in [5.74, 6) is 0.828. The summed E-state index contributed by atoms with van der Waals surface area (Å²) >= 11 is 0. The van der Waals surface area contributed by atoms with Crippen molar-refractivity contribution < 1.29 is 0 Å². The van der Waals surface area contributed by atoms with E-state index >= 15 is 0 Å². The Morgan fingerprint density at radius 3 is 1.76 bits per heavy atom. The second-order valence-electron chi connectivity index (χ2n) is 13.4. The molecule has 0 aliphatic heterocycles. The molecule has 4 nitrogen and oxygen atoms in total. The Morgan fingerprint density at radius 1 is 0.380 bits per heavy atom. The highest BCUT2D eigenvalue weighted by Crippen LogP contribution is 2.45. The third kappa shape index (κ3) is 3.34. The Bertz CT molecular complexity index is 3380. The lowest BCUT2D eigenvalue weighted by molar-refractivity contribution is 1.08. The van der Waals surface area contributed by atoms with Gasteiger partial charge in [0.05, 0.1) is 38.6 Å². The molecule has 12 aromatic rings. The molecule has 12 rings (SSSR count). The molecular formula is C46H26N4. The van der Waals surface area contributed by atoms with Gasteiger partial charge in [0.2, 0.25) is 0 Å². The van der Waals surface area contributed by atoms with E-state index in [0.29, 0.717) is 0 Å². The van der Waals surface area contributed by atoms with Crippen molar-refractivity contribution in [3.05, 3.63) is 158 Å². The van der Waals surface area contributed by atoms with Crippen LogP contribution in [0.2, 0.25) is 0 Å². The number of benzene rings is 8. The number of fused-ring (bicyclic) bond motifs is 8. The van der Waals surface area contributed by atoms with Crippen molar-refractivity contribution in [2.75, 3.05) is 0 Å². The second-order valence-corrected chi connectivity index (χ2v) is 13.4. The van der Waals surface area contributed by atoms with Gasteiger partial charge < -0.3 is 4.40 Å². The summed E-state index contributed by atoms with van der Waals surface area (Å²) in [5.41, 5.74) is 9.54. The van der Waals surface area contributed by atoms with E-state index < -0.39 is 0 Å². The van der Waals surface area contributed by atoms with Crippen LogP contribution in [-0.2, 0) is 0 Å². The van der Waals surface area contributed by atoms with E-state index in [1.54, 1.807) is 0 Å². The fourth-order valence-electron chi connectivity index (χ4n) is 8.63. The average molecular weight is 635 g/mol. The lowest BCUT2D eigenvalue weighted by atomic mass is 10.0. The molecule has 0 saturated carbocycles. The van der Waals surface area contributed by atoms with Crippen LogP contribution in [0.3, 0.4) is 0 Å². The summed E-state index contributed by atoms with van der Waals surface area (Å²) in [5, 5.41) is 12.2. The minimum absolute atomic E-state index is 0.828. The number of para-hydroxylation sites is 2.